The molecule has 3 amide bonds. The second kappa shape index (κ2) is 8.25. The van der Waals surface area contributed by atoms with Crippen molar-refractivity contribution in [3.8, 4) is 5.75 Å². The fraction of sp³-hybridized carbons (Fsp3) is 0.318. The second-order valence-corrected chi connectivity index (χ2v) is 7.35. The number of fused-ring (bicyclic) bond motifs is 1. The number of hydrogen-bond acceptors (Lipinski definition) is 6. The molecule has 30 heavy (non-hydrogen) atoms. The molecule has 2 aromatic carbocycles. The molecule has 2 heterocycles. The number of carbonyl (C=O) groups excluding carboxylic acids is 3. The van der Waals surface area contributed by atoms with Crippen molar-refractivity contribution in [1.29, 1.82) is 0 Å². The molecule has 156 valence electrons. The van der Waals surface area contributed by atoms with E-state index in [4.69, 9.17) is 9.57 Å². The summed E-state index contributed by atoms with van der Waals surface area (Å²) in [4.78, 5) is 44.7. The zero-order valence-corrected chi connectivity index (χ0v) is 16.8. The number of nitrogens with zero attached hydrogens (tertiary/aromatic N) is 2. The van der Waals surface area contributed by atoms with E-state index in [1.807, 2.05) is 36.4 Å². The number of benzene rings is 2. The number of hydrogen-bond donors (Lipinski definition) is 1. The Bertz CT molecular complexity index is 964. The van der Waals surface area contributed by atoms with Gasteiger partial charge in [-0.15, -0.1) is 0 Å². The molecule has 0 aliphatic carbocycles. The number of imide groups is 1. The highest BCUT2D eigenvalue weighted by Gasteiger charge is 2.58. The lowest BCUT2D eigenvalue weighted by Crippen LogP contribution is -2.40. The van der Waals surface area contributed by atoms with Gasteiger partial charge in [0.05, 0.1) is 19.1 Å². The van der Waals surface area contributed by atoms with Gasteiger partial charge in [0.2, 0.25) is 11.8 Å². The minimum absolute atomic E-state index is 0.105. The van der Waals surface area contributed by atoms with Gasteiger partial charge in [-0.3, -0.25) is 24.1 Å². The van der Waals surface area contributed by atoms with Crippen LogP contribution in [0.3, 0.4) is 0 Å². The predicted molar refractivity (Wildman–Crippen MR) is 107 cm³/mol. The van der Waals surface area contributed by atoms with Crippen molar-refractivity contribution in [2.45, 2.75) is 18.7 Å². The van der Waals surface area contributed by atoms with Crippen LogP contribution in [0.2, 0.25) is 0 Å². The maximum atomic E-state index is 12.7. The van der Waals surface area contributed by atoms with Crippen molar-refractivity contribution >= 4 is 17.7 Å². The summed E-state index contributed by atoms with van der Waals surface area (Å²) in [5.74, 6) is -1.07. The molecule has 3 unspecified atom stereocenters. The third-order valence-corrected chi connectivity index (χ3v) is 5.48. The lowest BCUT2D eigenvalue weighted by Gasteiger charge is -2.26. The van der Waals surface area contributed by atoms with Crippen LogP contribution in [-0.4, -0.2) is 54.5 Å². The van der Waals surface area contributed by atoms with Gasteiger partial charge in [-0.2, -0.15) is 5.06 Å². The maximum absolute atomic E-state index is 12.7. The standard InChI is InChI=1S/C22H23N3O5/c1-24-21(27)18-19(15-9-6-10-16(11-15)29-2)25(30-20(18)22(24)28)13-17(26)23-12-14-7-4-3-5-8-14/h3-11,18-20H,12-13H2,1-2H3,(H,23,26). The van der Waals surface area contributed by atoms with Gasteiger partial charge in [-0.05, 0) is 23.3 Å². The molecule has 0 aromatic heterocycles. The predicted octanol–water partition coefficient (Wildman–Crippen LogP) is 1.28. The van der Waals surface area contributed by atoms with Crippen molar-refractivity contribution in [3.05, 3.63) is 65.7 Å². The Morgan fingerprint density at radius 2 is 1.87 bits per heavy atom. The van der Waals surface area contributed by atoms with Crippen molar-refractivity contribution in [3.63, 3.8) is 0 Å². The fourth-order valence-electron chi connectivity index (χ4n) is 3.94. The van der Waals surface area contributed by atoms with E-state index >= 15 is 0 Å². The number of carbonyl (C=O) groups is 3. The average molecular weight is 409 g/mol. The van der Waals surface area contributed by atoms with Gasteiger partial charge in [0.15, 0.2) is 6.10 Å². The maximum Gasteiger partial charge on any atom is 0.261 e. The van der Waals surface area contributed by atoms with Crippen LogP contribution < -0.4 is 10.1 Å². The van der Waals surface area contributed by atoms with E-state index in [0.29, 0.717) is 12.3 Å². The first-order chi connectivity index (χ1) is 14.5. The Morgan fingerprint density at radius 1 is 1.10 bits per heavy atom. The molecule has 8 nitrogen and oxygen atoms in total. The molecule has 4 rings (SSSR count). The van der Waals surface area contributed by atoms with E-state index in [1.54, 1.807) is 25.3 Å². The molecule has 2 aliphatic rings. The Kier molecular flexibility index (Phi) is 5.52. The minimum atomic E-state index is -0.930. The van der Waals surface area contributed by atoms with Crippen LogP contribution in [0.25, 0.3) is 0 Å². The van der Waals surface area contributed by atoms with Crippen LogP contribution in [0, 0.1) is 5.92 Å². The molecule has 3 atom stereocenters. The van der Waals surface area contributed by atoms with E-state index in [9.17, 15) is 14.4 Å². The third-order valence-electron chi connectivity index (χ3n) is 5.48. The zero-order valence-electron chi connectivity index (χ0n) is 16.8. The van der Waals surface area contributed by atoms with Crippen molar-refractivity contribution in [2.24, 2.45) is 5.92 Å². The Balaban J connectivity index is 1.55. The van der Waals surface area contributed by atoms with Crippen molar-refractivity contribution in [1.82, 2.24) is 15.3 Å². The van der Waals surface area contributed by atoms with Gasteiger partial charge < -0.3 is 10.1 Å². The molecule has 2 saturated heterocycles. The molecule has 2 aliphatic heterocycles. The number of likely N-dealkylation sites (N-methyl/N-ethyl adjacent to an activating group) is 1. The molecule has 1 N–H and O–H groups in total. The molecular weight excluding hydrogens is 386 g/mol. The van der Waals surface area contributed by atoms with Crippen LogP contribution in [0.4, 0.5) is 0 Å². The molecule has 0 saturated carbocycles. The number of methoxy groups -OCH3 is 1. The Hall–Kier alpha value is -3.23. The van der Waals surface area contributed by atoms with Crippen LogP contribution in [0.5, 0.6) is 5.75 Å². The molecule has 0 bridgehead atoms. The first-order valence-corrected chi connectivity index (χ1v) is 9.69. The molecular formula is C22H23N3O5. The first-order valence-electron chi connectivity index (χ1n) is 9.69. The van der Waals surface area contributed by atoms with Crippen LogP contribution in [-0.2, 0) is 25.8 Å². The molecule has 8 heteroatoms. The van der Waals surface area contributed by atoms with Gasteiger partial charge in [0.1, 0.15) is 12.3 Å². The highest BCUT2D eigenvalue weighted by Crippen LogP contribution is 2.44. The molecule has 2 fully saturated rings. The fourth-order valence-corrected chi connectivity index (χ4v) is 3.94. The monoisotopic (exact) mass is 409 g/mol. The average Bonchev–Trinajstić information content (AvgIpc) is 3.24. The smallest absolute Gasteiger partial charge is 0.261 e. The highest BCUT2D eigenvalue weighted by atomic mass is 16.7. The normalized spacial score (nSPS) is 23.5. The van der Waals surface area contributed by atoms with Gasteiger partial charge in [-0.1, -0.05) is 42.5 Å². The number of hydroxylamine groups is 2. The quantitative estimate of drug-likeness (QED) is 0.724. The summed E-state index contributed by atoms with van der Waals surface area (Å²) in [6.07, 6.45) is -0.930. The van der Waals surface area contributed by atoms with Crippen molar-refractivity contribution in [2.75, 3.05) is 20.7 Å². The zero-order chi connectivity index (χ0) is 21.3. The topological polar surface area (TPSA) is 88.2 Å². The number of amides is 3. The minimum Gasteiger partial charge on any atom is -0.497 e. The van der Waals surface area contributed by atoms with Gasteiger partial charge >= 0.3 is 0 Å². The molecule has 0 spiro atoms. The second-order valence-electron chi connectivity index (χ2n) is 7.35. The summed E-state index contributed by atoms with van der Waals surface area (Å²) >= 11 is 0. The number of ether oxygens (including phenoxy) is 1. The SMILES string of the molecule is COc1cccc(C2C3C(=O)N(C)C(=O)C3ON2CC(=O)NCc2ccccc2)c1. The largest absolute Gasteiger partial charge is 0.497 e. The lowest BCUT2D eigenvalue weighted by molar-refractivity contribution is -0.181. The summed E-state index contributed by atoms with van der Waals surface area (Å²) in [5, 5.41) is 4.29. The van der Waals surface area contributed by atoms with Gasteiger partial charge in [0, 0.05) is 13.6 Å². The molecule has 2 aromatic rings. The Labute approximate surface area is 174 Å². The van der Waals surface area contributed by atoms with Crippen LogP contribution in [0.15, 0.2) is 54.6 Å². The van der Waals surface area contributed by atoms with E-state index in [1.165, 1.54) is 12.1 Å². The van der Waals surface area contributed by atoms with Crippen LogP contribution >= 0.6 is 0 Å². The lowest BCUT2D eigenvalue weighted by atomic mass is 9.90. The van der Waals surface area contributed by atoms with E-state index in [-0.39, 0.29) is 18.4 Å². The third kappa shape index (κ3) is 3.67. The number of nitrogens with one attached hydrogen (secondary N) is 1. The highest BCUT2D eigenvalue weighted by molar-refractivity contribution is 6.07. The molecule has 0 radical (unpaired) electrons. The summed E-state index contributed by atoms with van der Waals surface area (Å²) < 4.78 is 5.30. The Morgan fingerprint density at radius 3 is 2.60 bits per heavy atom. The summed E-state index contributed by atoms with van der Waals surface area (Å²) in [7, 11) is 3.01. The van der Waals surface area contributed by atoms with E-state index < -0.39 is 24.0 Å². The number of likely N-dealkylation sites (tertiary alicyclic amines) is 1. The summed E-state index contributed by atoms with van der Waals surface area (Å²) in [6.45, 7) is 0.275. The number of rotatable bonds is 6. The van der Waals surface area contributed by atoms with Crippen LogP contribution in [0.1, 0.15) is 17.2 Å². The van der Waals surface area contributed by atoms with E-state index in [2.05, 4.69) is 5.32 Å². The summed E-state index contributed by atoms with van der Waals surface area (Å²) in [5.41, 5.74) is 1.72. The van der Waals surface area contributed by atoms with Crippen molar-refractivity contribution < 1.29 is 24.0 Å². The van der Waals surface area contributed by atoms with E-state index in [0.717, 1.165) is 16.0 Å². The first kappa shape index (κ1) is 20.1. The summed E-state index contributed by atoms with van der Waals surface area (Å²) in [6, 6.07) is 16.2. The van der Waals surface area contributed by atoms with Gasteiger partial charge in [-0.25, -0.2) is 0 Å². The van der Waals surface area contributed by atoms with Gasteiger partial charge in [0.25, 0.3) is 5.91 Å².